The van der Waals surface area contributed by atoms with Gasteiger partial charge in [-0.1, -0.05) is 0 Å². The van der Waals surface area contributed by atoms with E-state index in [1.165, 1.54) is 0 Å². The van der Waals surface area contributed by atoms with Crippen LogP contribution in [0.5, 0.6) is 5.75 Å². The number of carbonyl (C=O) groups is 1. The molecule has 8 nitrogen and oxygen atoms in total. The molecule has 158 valence electrons. The smallest absolute Gasteiger partial charge is 0.404 e. The molecule has 10 heteroatoms. The number of fused-ring (bicyclic) bond motifs is 2. The Morgan fingerprint density at radius 2 is 1.79 bits per heavy atom. The molecule has 0 saturated carbocycles. The number of hydrogen-bond acceptors (Lipinski definition) is 6. The van der Waals surface area contributed by atoms with Gasteiger partial charge in [0, 0.05) is 45.8 Å². The van der Waals surface area contributed by atoms with Gasteiger partial charge in [0.1, 0.15) is 0 Å². The first-order chi connectivity index (χ1) is 13.9. The highest BCUT2D eigenvalue weighted by atomic mass is 19.1. The lowest BCUT2D eigenvalue weighted by atomic mass is 10.1. The van der Waals surface area contributed by atoms with Gasteiger partial charge in [-0.25, -0.2) is 13.6 Å². The van der Waals surface area contributed by atoms with Crippen LogP contribution in [0.25, 0.3) is 0 Å². The summed E-state index contributed by atoms with van der Waals surface area (Å²) in [6, 6.07) is 3.61. The van der Waals surface area contributed by atoms with Crippen LogP contribution in [0.2, 0.25) is 0 Å². The van der Waals surface area contributed by atoms with Gasteiger partial charge in [0.25, 0.3) is 0 Å². The van der Waals surface area contributed by atoms with E-state index in [0.29, 0.717) is 19.5 Å². The number of nitrogens with one attached hydrogen (secondary N) is 1. The van der Waals surface area contributed by atoms with Crippen molar-refractivity contribution in [2.75, 3.05) is 52.4 Å². The van der Waals surface area contributed by atoms with E-state index in [1.807, 2.05) is 0 Å². The summed E-state index contributed by atoms with van der Waals surface area (Å²) in [6.45, 7) is 4.91. The number of morpholine rings is 2. The Balaban J connectivity index is 1.39. The van der Waals surface area contributed by atoms with Gasteiger partial charge in [0.2, 0.25) is 0 Å². The van der Waals surface area contributed by atoms with E-state index in [2.05, 4.69) is 15.1 Å². The molecule has 29 heavy (non-hydrogen) atoms. The Morgan fingerprint density at radius 1 is 1.21 bits per heavy atom. The second-order valence-corrected chi connectivity index (χ2v) is 7.21. The fourth-order valence-electron chi connectivity index (χ4n) is 3.77. The van der Waals surface area contributed by atoms with Crippen LogP contribution < -0.4 is 10.1 Å². The van der Waals surface area contributed by atoms with Crippen LogP contribution in [0.1, 0.15) is 12.0 Å². The number of halogens is 2. The third kappa shape index (κ3) is 6.00. The average molecular weight is 410 g/mol. The van der Waals surface area contributed by atoms with Crippen molar-refractivity contribution >= 4 is 6.09 Å². The number of benzene rings is 1. The van der Waals surface area contributed by atoms with Gasteiger partial charge in [-0.15, -0.1) is 0 Å². The first-order valence-electron chi connectivity index (χ1n) is 9.53. The fourth-order valence-corrected chi connectivity index (χ4v) is 3.77. The van der Waals surface area contributed by atoms with E-state index in [-0.39, 0.29) is 24.4 Å². The van der Waals surface area contributed by atoms with Crippen molar-refractivity contribution in [1.82, 2.24) is 15.1 Å². The van der Waals surface area contributed by atoms with Crippen LogP contribution in [-0.2, 0) is 4.74 Å². The molecule has 1 aromatic carbocycles. The summed E-state index contributed by atoms with van der Waals surface area (Å²) in [5.74, 6) is -2.20. The average Bonchev–Trinajstić information content (AvgIpc) is 2.65. The molecule has 1 aromatic rings. The minimum Gasteiger partial charge on any atom is -0.488 e. The van der Waals surface area contributed by atoms with Crippen molar-refractivity contribution in [3.05, 3.63) is 29.3 Å². The Morgan fingerprint density at radius 3 is 2.34 bits per heavy atom. The van der Waals surface area contributed by atoms with E-state index >= 15 is 0 Å². The Bertz CT molecular complexity index is 736. The molecular formula is C19H24F2N4O4. The standard InChI is InChI=1S/C19H24F2N4O4/c20-16-6-13(8-22)7-17(21)18(16)28-5-1-3-24-9-14-11-25(4-2-23-19(26)27)12-15(10-24)29-14/h6-7,14-15,23H,1-5,9-12H2,(H,26,27). The molecule has 1 amide bonds. The molecule has 2 aliphatic rings. The molecule has 0 aromatic heterocycles. The lowest BCUT2D eigenvalue weighted by molar-refractivity contribution is -0.138. The summed E-state index contributed by atoms with van der Waals surface area (Å²) in [7, 11) is 0. The van der Waals surface area contributed by atoms with Crippen LogP contribution in [-0.4, -0.2) is 85.6 Å². The maximum absolute atomic E-state index is 13.8. The van der Waals surface area contributed by atoms with E-state index in [0.717, 1.165) is 44.9 Å². The van der Waals surface area contributed by atoms with Gasteiger partial charge in [-0.2, -0.15) is 5.26 Å². The predicted molar refractivity (Wildman–Crippen MR) is 98.8 cm³/mol. The molecule has 0 spiro atoms. The van der Waals surface area contributed by atoms with Crippen molar-refractivity contribution in [2.24, 2.45) is 0 Å². The molecule has 3 rings (SSSR count). The summed E-state index contributed by atoms with van der Waals surface area (Å²) in [6.07, 6.45) is -0.305. The van der Waals surface area contributed by atoms with Crippen LogP contribution in [0.3, 0.4) is 0 Å². The van der Waals surface area contributed by atoms with E-state index in [1.54, 1.807) is 6.07 Å². The zero-order chi connectivity index (χ0) is 20.8. The molecule has 2 fully saturated rings. The van der Waals surface area contributed by atoms with E-state index < -0.39 is 23.5 Å². The molecule has 2 N–H and O–H groups in total. The molecule has 2 unspecified atom stereocenters. The lowest BCUT2D eigenvalue weighted by Gasteiger charge is -2.45. The van der Waals surface area contributed by atoms with Crippen molar-refractivity contribution < 1.29 is 28.2 Å². The second-order valence-electron chi connectivity index (χ2n) is 7.21. The summed E-state index contributed by atoms with van der Waals surface area (Å²) in [4.78, 5) is 15.0. The number of amides is 1. The molecular weight excluding hydrogens is 386 g/mol. The van der Waals surface area contributed by atoms with Crippen LogP contribution in [0.15, 0.2) is 12.1 Å². The van der Waals surface area contributed by atoms with Gasteiger partial charge >= 0.3 is 6.09 Å². The van der Waals surface area contributed by atoms with Crippen LogP contribution in [0, 0.1) is 23.0 Å². The molecule has 2 heterocycles. The van der Waals surface area contributed by atoms with Gasteiger partial charge < -0.3 is 19.9 Å². The Hall–Kier alpha value is -2.48. The molecule has 2 atom stereocenters. The van der Waals surface area contributed by atoms with E-state index in [9.17, 15) is 13.6 Å². The third-order valence-corrected chi connectivity index (χ3v) is 4.93. The van der Waals surface area contributed by atoms with Crippen molar-refractivity contribution in [1.29, 1.82) is 5.26 Å². The zero-order valence-corrected chi connectivity index (χ0v) is 15.9. The van der Waals surface area contributed by atoms with Gasteiger partial charge in [0.15, 0.2) is 17.4 Å². The number of nitrogens with zero attached hydrogens (tertiary/aromatic N) is 3. The molecule has 2 bridgehead atoms. The molecule has 2 aliphatic heterocycles. The van der Waals surface area contributed by atoms with Crippen molar-refractivity contribution in [3.8, 4) is 11.8 Å². The molecule has 0 aliphatic carbocycles. The zero-order valence-electron chi connectivity index (χ0n) is 15.9. The highest BCUT2D eigenvalue weighted by molar-refractivity contribution is 5.64. The number of carboxylic acid groups (broad SMARTS) is 1. The summed E-state index contributed by atoms with van der Waals surface area (Å²) >= 11 is 0. The highest BCUT2D eigenvalue weighted by Crippen LogP contribution is 2.23. The fraction of sp³-hybridized carbons (Fsp3) is 0.579. The number of hydrogen-bond donors (Lipinski definition) is 2. The Kier molecular flexibility index (Phi) is 7.19. The summed E-state index contributed by atoms with van der Waals surface area (Å²) in [5.41, 5.74) is -0.0833. The van der Waals surface area contributed by atoms with Crippen molar-refractivity contribution in [2.45, 2.75) is 18.6 Å². The largest absolute Gasteiger partial charge is 0.488 e. The summed E-state index contributed by atoms with van der Waals surface area (Å²) < 4.78 is 38.9. The first-order valence-corrected chi connectivity index (χ1v) is 9.53. The highest BCUT2D eigenvalue weighted by Gasteiger charge is 2.34. The number of nitriles is 1. The summed E-state index contributed by atoms with van der Waals surface area (Å²) in [5, 5.41) is 19.7. The predicted octanol–water partition coefficient (Wildman–Crippen LogP) is 1.26. The number of ether oxygens (including phenoxy) is 2. The Labute approximate surface area is 167 Å². The van der Waals surface area contributed by atoms with Crippen LogP contribution in [0.4, 0.5) is 13.6 Å². The lowest BCUT2D eigenvalue weighted by Crippen LogP contribution is -2.60. The van der Waals surface area contributed by atoms with Gasteiger partial charge in [0.05, 0.1) is 30.4 Å². The maximum Gasteiger partial charge on any atom is 0.404 e. The molecule has 0 radical (unpaired) electrons. The van der Waals surface area contributed by atoms with Crippen molar-refractivity contribution in [3.63, 3.8) is 0 Å². The normalized spacial score (nSPS) is 22.1. The second kappa shape index (κ2) is 9.82. The quantitative estimate of drug-likeness (QED) is 0.623. The number of rotatable bonds is 8. The monoisotopic (exact) mass is 410 g/mol. The minimum absolute atomic E-state index is 0.0571. The SMILES string of the molecule is N#Cc1cc(F)c(OCCCN2CC3CN(CCNC(=O)O)CC(C2)O3)c(F)c1. The maximum atomic E-state index is 13.8. The third-order valence-electron chi connectivity index (χ3n) is 4.93. The van der Waals surface area contributed by atoms with E-state index in [4.69, 9.17) is 19.8 Å². The topological polar surface area (TPSA) is 98.1 Å². The minimum atomic E-state index is -1.02. The van der Waals surface area contributed by atoms with Gasteiger partial charge in [-0.3, -0.25) is 9.80 Å². The first kappa shape index (κ1) is 21.2. The molecule has 2 saturated heterocycles. The van der Waals surface area contributed by atoms with Crippen LogP contribution >= 0.6 is 0 Å². The van der Waals surface area contributed by atoms with Gasteiger partial charge in [-0.05, 0) is 18.6 Å².